The van der Waals surface area contributed by atoms with Gasteiger partial charge in [0.1, 0.15) is 11.1 Å². The lowest BCUT2D eigenvalue weighted by atomic mass is 10.1. The van der Waals surface area contributed by atoms with Crippen LogP contribution in [-0.4, -0.2) is 16.6 Å². The second-order valence-electron chi connectivity index (χ2n) is 5.99. The third-order valence-corrected chi connectivity index (χ3v) is 5.21. The van der Waals surface area contributed by atoms with Gasteiger partial charge in [-0.15, -0.1) is 0 Å². The molecule has 2 aromatic rings. The Morgan fingerprint density at radius 1 is 1.27 bits per heavy atom. The fourth-order valence-corrected chi connectivity index (χ4v) is 3.33. The first kappa shape index (κ1) is 19.9. The van der Waals surface area contributed by atoms with Crippen LogP contribution in [0, 0.1) is 43.7 Å². The maximum Gasteiger partial charge on any atom is 0.230 e. The topological polar surface area (TPSA) is 65.8 Å². The van der Waals surface area contributed by atoms with Gasteiger partial charge >= 0.3 is 0 Å². The molecule has 7 heteroatoms. The SMILES string of the molecule is Cc1nc(SCC(=O)NC(C)c2ccc(F)c(F)c2)c(C#N)c(C)c1C. The van der Waals surface area contributed by atoms with Gasteiger partial charge in [-0.25, -0.2) is 13.8 Å². The van der Waals surface area contributed by atoms with Crippen molar-refractivity contribution in [2.24, 2.45) is 0 Å². The molecule has 1 N–H and O–H groups in total. The van der Waals surface area contributed by atoms with Gasteiger partial charge in [0.2, 0.25) is 5.91 Å². The van der Waals surface area contributed by atoms with Crippen molar-refractivity contribution >= 4 is 17.7 Å². The van der Waals surface area contributed by atoms with Gasteiger partial charge in [-0.2, -0.15) is 5.26 Å². The number of nitrogens with zero attached hydrogens (tertiary/aromatic N) is 2. The zero-order chi connectivity index (χ0) is 19.4. The third-order valence-electron chi connectivity index (χ3n) is 4.24. The number of thioether (sulfide) groups is 1. The Bertz CT molecular complexity index is 893. The normalized spacial score (nSPS) is 11.7. The molecule has 0 aliphatic heterocycles. The molecule has 0 spiro atoms. The number of halogens is 2. The highest BCUT2D eigenvalue weighted by Gasteiger charge is 2.16. The summed E-state index contributed by atoms with van der Waals surface area (Å²) >= 11 is 1.18. The fourth-order valence-electron chi connectivity index (χ4n) is 2.43. The molecular formula is C19H19F2N3OS. The van der Waals surface area contributed by atoms with Gasteiger partial charge in [-0.05, 0) is 56.5 Å². The molecule has 0 aliphatic rings. The molecule has 1 heterocycles. The predicted octanol–water partition coefficient (Wildman–Crippen LogP) is 4.13. The Kier molecular flexibility index (Phi) is 6.32. The molecule has 1 aromatic heterocycles. The molecule has 0 bridgehead atoms. The van der Waals surface area contributed by atoms with Crippen LogP contribution in [0.5, 0.6) is 0 Å². The van der Waals surface area contributed by atoms with Crippen LogP contribution in [-0.2, 0) is 4.79 Å². The van der Waals surface area contributed by atoms with Crippen molar-refractivity contribution < 1.29 is 13.6 Å². The minimum Gasteiger partial charge on any atom is -0.349 e. The number of pyridine rings is 1. The minimum absolute atomic E-state index is 0.0671. The summed E-state index contributed by atoms with van der Waals surface area (Å²) in [5.74, 6) is -2.10. The van der Waals surface area contributed by atoms with Crippen molar-refractivity contribution in [3.63, 3.8) is 0 Å². The first-order chi connectivity index (χ1) is 12.2. The molecular weight excluding hydrogens is 356 g/mol. The van der Waals surface area contributed by atoms with E-state index >= 15 is 0 Å². The molecule has 1 aromatic carbocycles. The predicted molar refractivity (Wildman–Crippen MR) is 96.8 cm³/mol. The summed E-state index contributed by atoms with van der Waals surface area (Å²) in [7, 11) is 0. The summed E-state index contributed by atoms with van der Waals surface area (Å²) in [6, 6.07) is 5.20. The molecule has 0 radical (unpaired) electrons. The summed E-state index contributed by atoms with van der Waals surface area (Å²) in [6.45, 7) is 7.31. The molecule has 2 rings (SSSR count). The average Bonchev–Trinajstić information content (AvgIpc) is 2.60. The number of nitrogens with one attached hydrogen (secondary N) is 1. The quantitative estimate of drug-likeness (QED) is 0.798. The molecule has 0 fully saturated rings. The van der Waals surface area contributed by atoms with Crippen molar-refractivity contribution in [1.82, 2.24) is 10.3 Å². The first-order valence-electron chi connectivity index (χ1n) is 7.99. The van der Waals surface area contributed by atoms with Gasteiger partial charge in [0, 0.05) is 5.69 Å². The highest BCUT2D eigenvalue weighted by Crippen LogP contribution is 2.26. The van der Waals surface area contributed by atoms with E-state index in [2.05, 4.69) is 16.4 Å². The van der Waals surface area contributed by atoms with E-state index in [1.165, 1.54) is 17.8 Å². The number of hydrogen-bond acceptors (Lipinski definition) is 4. The number of nitriles is 1. The van der Waals surface area contributed by atoms with Crippen molar-refractivity contribution in [3.8, 4) is 6.07 Å². The number of benzene rings is 1. The minimum atomic E-state index is -0.952. The highest BCUT2D eigenvalue weighted by molar-refractivity contribution is 8.00. The van der Waals surface area contributed by atoms with Crippen LogP contribution >= 0.6 is 11.8 Å². The average molecular weight is 375 g/mol. The fraction of sp³-hybridized carbons (Fsp3) is 0.316. The third kappa shape index (κ3) is 4.38. The number of aromatic nitrogens is 1. The molecule has 1 unspecified atom stereocenters. The Morgan fingerprint density at radius 3 is 2.58 bits per heavy atom. The van der Waals surface area contributed by atoms with Gasteiger partial charge in [0.25, 0.3) is 0 Å². The van der Waals surface area contributed by atoms with E-state index in [1.807, 2.05) is 20.8 Å². The van der Waals surface area contributed by atoms with E-state index in [-0.39, 0.29) is 11.7 Å². The Balaban J connectivity index is 2.05. The molecule has 1 amide bonds. The Morgan fingerprint density at radius 2 is 1.96 bits per heavy atom. The van der Waals surface area contributed by atoms with E-state index in [0.29, 0.717) is 16.2 Å². The number of amides is 1. The van der Waals surface area contributed by atoms with Gasteiger partial charge in [-0.3, -0.25) is 4.79 Å². The molecule has 0 aliphatic carbocycles. The zero-order valence-electron chi connectivity index (χ0n) is 15.0. The van der Waals surface area contributed by atoms with Crippen LogP contribution in [0.2, 0.25) is 0 Å². The smallest absolute Gasteiger partial charge is 0.230 e. The number of hydrogen-bond donors (Lipinski definition) is 1. The lowest BCUT2D eigenvalue weighted by Crippen LogP contribution is -2.28. The molecule has 0 saturated carbocycles. The second-order valence-corrected chi connectivity index (χ2v) is 6.95. The lowest BCUT2D eigenvalue weighted by Gasteiger charge is -2.15. The highest BCUT2D eigenvalue weighted by atomic mass is 32.2. The molecule has 1 atom stereocenters. The molecule has 4 nitrogen and oxygen atoms in total. The van der Waals surface area contributed by atoms with Gasteiger partial charge in [0.15, 0.2) is 11.6 Å². The number of carbonyl (C=O) groups is 1. The largest absolute Gasteiger partial charge is 0.349 e. The van der Waals surface area contributed by atoms with Gasteiger partial charge in [0.05, 0.1) is 17.4 Å². The number of rotatable bonds is 5. The van der Waals surface area contributed by atoms with Gasteiger partial charge in [-0.1, -0.05) is 17.8 Å². The van der Waals surface area contributed by atoms with E-state index < -0.39 is 17.7 Å². The van der Waals surface area contributed by atoms with Crippen LogP contribution in [0.3, 0.4) is 0 Å². The number of aryl methyl sites for hydroxylation is 1. The summed E-state index contributed by atoms with van der Waals surface area (Å²) < 4.78 is 26.3. The lowest BCUT2D eigenvalue weighted by molar-refractivity contribution is -0.119. The first-order valence-corrected chi connectivity index (χ1v) is 8.98. The van der Waals surface area contributed by atoms with Crippen molar-refractivity contribution in [1.29, 1.82) is 5.26 Å². The Labute approximate surface area is 155 Å². The summed E-state index contributed by atoms with van der Waals surface area (Å²) in [4.78, 5) is 16.6. The van der Waals surface area contributed by atoms with Crippen LogP contribution in [0.25, 0.3) is 0 Å². The van der Waals surface area contributed by atoms with E-state index in [4.69, 9.17) is 0 Å². The molecule has 0 saturated heterocycles. The van der Waals surface area contributed by atoms with Crippen LogP contribution in [0.1, 0.15) is 40.9 Å². The summed E-state index contributed by atoms with van der Waals surface area (Å²) in [5.41, 5.74) is 3.58. The summed E-state index contributed by atoms with van der Waals surface area (Å²) in [5, 5.41) is 12.6. The van der Waals surface area contributed by atoms with E-state index in [0.717, 1.165) is 29.0 Å². The maximum absolute atomic E-state index is 13.3. The van der Waals surface area contributed by atoms with Crippen molar-refractivity contribution in [2.45, 2.75) is 38.8 Å². The van der Waals surface area contributed by atoms with E-state index in [1.54, 1.807) is 6.92 Å². The van der Waals surface area contributed by atoms with Crippen LogP contribution in [0.4, 0.5) is 8.78 Å². The molecule has 136 valence electrons. The molecule has 26 heavy (non-hydrogen) atoms. The van der Waals surface area contributed by atoms with Gasteiger partial charge < -0.3 is 5.32 Å². The standard InChI is InChI=1S/C19H19F2N3OS/c1-10-11(2)15(8-22)19(24-12(10)3)26-9-18(25)23-13(4)14-5-6-16(20)17(21)7-14/h5-7,13H,9H2,1-4H3,(H,23,25). The maximum atomic E-state index is 13.3. The second kappa shape index (κ2) is 8.28. The monoisotopic (exact) mass is 375 g/mol. The van der Waals surface area contributed by atoms with Crippen LogP contribution < -0.4 is 5.32 Å². The Hall–Kier alpha value is -2.46. The van der Waals surface area contributed by atoms with Crippen molar-refractivity contribution in [2.75, 3.05) is 5.75 Å². The van der Waals surface area contributed by atoms with Crippen LogP contribution in [0.15, 0.2) is 23.2 Å². The van der Waals surface area contributed by atoms with E-state index in [9.17, 15) is 18.8 Å². The number of carbonyl (C=O) groups excluding carboxylic acids is 1. The van der Waals surface area contributed by atoms with Crippen molar-refractivity contribution in [3.05, 3.63) is 57.8 Å². The zero-order valence-corrected chi connectivity index (χ0v) is 15.8. The summed E-state index contributed by atoms with van der Waals surface area (Å²) in [6.07, 6.45) is 0.